The van der Waals surface area contributed by atoms with Crippen LogP contribution in [0.15, 0.2) is 23.1 Å². The van der Waals surface area contributed by atoms with Gasteiger partial charge in [-0.25, -0.2) is 12.8 Å². The maximum absolute atomic E-state index is 14.1. The number of benzene rings is 1. The van der Waals surface area contributed by atoms with Gasteiger partial charge in [0.15, 0.2) is 0 Å². The molecule has 1 fully saturated rings. The van der Waals surface area contributed by atoms with Crippen LogP contribution in [0.1, 0.15) is 18.4 Å². The molecule has 1 aromatic carbocycles. The molecule has 0 amide bonds. The third-order valence-electron chi connectivity index (χ3n) is 4.08. The van der Waals surface area contributed by atoms with Crippen molar-refractivity contribution in [2.45, 2.75) is 24.7 Å². The molecule has 0 unspecified atom stereocenters. The van der Waals surface area contributed by atoms with Crippen molar-refractivity contribution in [3.05, 3.63) is 29.6 Å². The van der Waals surface area contributed by atoms with E-state index in [1.165, 1.54) is 16.4 Å². The summed E-state index contributed by atoms with van der Waals surface area (Å²) in [6.45, 7) is 5.67. The zero-order chi connectivity index (χ0) is 16.9. The molecular formula is C16H25FN2O3S. The van der Waals surface area contributed by atoms with E-state index in [4.69, 9.17) is 4.74 Å². The Hall–Kier alpha value is -1.02. The number of nitrogens with zero attached hydrogens (tertiary/aromatic N) is 2. The first kappa shape index (κ1) is 18.3. The molecule has 0 saturated carbocycles. The molecule has 1 aromatic rings. The highest BCUT2D eigenvalue weighted by Crippen LogP contribution is 2.21. The van der Waals surface area contributed by atoms with E-state index in [0.717, 1.165) is 25.9 Å². The highest BCUT2D eigenvalue weighted by Gasteiger charge is 2.29. The van der Waals surface area contributed by atoms with Gasteiger partial charge in [0.05, 0.1) is 0 Å². The SMILES string of the molecule is COCCCN1CCCN(S(=O)(=O)c2ccc(C)cc2F)CC1. The summed E-state index contributed by atoms with van der Waals surface area (Å²) in [7, 11) is -2.10. The fourth-order valence-electron chi connectivity index (χ4n) is 2.80. The second-order valence-electron chi connectivity index (χ2n) is 5.88. The lowest BCUT2D eigenvalue weighted by molar-refractivity contribution is 0.173. The summed E-state index contributed by atoms with van der Waals surface area (Å²) in [6.07, 6.45) is 1.68. The van der Waals surface area contributed by atoms with Gasteiger partial charge in [-0.1, -0.05) is 6.07 Å². The quantitative estimate of drug-likeness (QED) is 0.739. The average molecular weight is 344 g/mol. The Bertz CT molecular complexity index is 622. The van der Waals surface area contributed by atoms with E-state index in [1.807, 2.05) is 0 Å². The molecule has 130 valence electrons. The van der Waals surface area contributed by atoms with E-state index in [0.29, 0.717) is 31.8 Å². The van der Waals surface area contributed by atoms with Crippen molar-refractivity contribution in [2.75, 3.05) is 46.4 Å². The molecule has 0 aliphatic carbocycles. The lowest BCUT2D eigenvalue weighted by atomic mass is 10.2. The lowest BCUT2D eigenvalue weighted by Gasteiger charge is -2.22. The number of hydrogen-bond donors (Lipinski definition) is 0. The maximum atomic E-state index is 14.1. The molecule has 0 bridgehead atoms. The largest absolute Gasteiger partial charge is 0.385 e. The number of halogens is 1. The molecule has 5 nitrogen and oxygen atoms in total. The zero-order valence-electron chi connectivity index (χ0n) is 13.8. The minimum absolute atomic E-state index is 0.226. The van der Waals surface area contributed by atoms with Crippen molar-refractivity contribution in [1.29, 1.82) is 0 Å². The molecule has 1 heterocycles. The minimum Gasteiger partial charge on any atom is -0.385 e. The Labute approximate surface area is 138 Å². The maximum Gasteiger partial charge on any atom is 0.246 e. The topological polar surface area (TPSA) is 49.9 Å². The van der Waals surface area contributed by atoms with Gasteiger partial charge in [-0.3, -0.25) is 0 Å². The molecule has 1 aliphatic rings. The number of sulfonamides is 1. The molecule has 0 spiro atoms. The number of methoxy groups -OCH3 is 1. The van der Waals surface area contributed by atoms with Gasteiger partial charge in [0.25, 0.3) is 0 Å². The Morgan fingerprint density at radius 1 is 1.22 bits per heavy atom. The summed E-state index contributed by atoms with van der Waals surface area (Å²) in [4.78, 5) is 2.01. The van der Waals surface area contributed by atoms with Gasteiger partial charge in [0.2, 0.25) is 10.0 Å². The Kier molecular flexibility index (Phi) is 6.52. The van der Waals surface area contributed by atoms with Crippen molar-refractivity contribution in [2.24, 2.45) is 0 Å². The highest BCUT2D eigenvalue weighted by atomic mass is 32.2. The molecule has 0 N–H and O–H groups in total. The number of aryl methyl sites for hydroxylation is 1. The molecule has 1 saturated heterocycles. The zero-order valence-corrected chi connectivity index (χ0v) is 14.6. The van der Waals surface area contributed by atoms with Crippen LogP contribution in [0, 0.1) is 12.7 Å². The first-order chi connectivity index (χ1) is 10.9. The summed E-state index contributed by atoms with van der Waals surface area (Å²) in [6, 6.07) is 4.26. The van der Waals surface area contributed by atoms with Crippen molar-refractivity contribution in [3.63, 3.8) is 0 Å². The number of ether oxygens (including phenoxy) is 1. The monoisotopic (exact) mass is 344 g/mol. The van der Waals surface area contributed by atoms with Gasteiger partial charge in [-0.2, -0.15) is 4.31 Å². The summed E-state index contributed by atoms with van der Waals surface area (Å²) in [5, 5.41) is 0. The van der Waals surface area contributed by atoms with E-state index in [-0.39, 0.29) is 4.90 Å². The van der Waals surface area contributed by atoms with E-state index in [9.17, 15) is 12.8 Å². The second-order valence-corrected chi connectivity index (χ2v) is 7.79. The molecule has 0 atom stereocenters. The van der Waals surface area contributed by atoms with Gasteiger partial charge < -0.3 is 9.64 Å². The average Bonchev–Trinajstić information content (AvgIpc) is 2.73. The Balaban J connectivity index is 2.06. The molecule has 7 heteroatoms. The van der Waals surface area contributed by atoms with Crippen LogP contribution in [-0.4, -0.2) is 64.1 Å². The van der Waals surface area contributed by atoms with Crippen molar-refractivity contribution in [1.82, 2.24) is 9.21 Å². The minimum atomic E-state index is -3.77. The first-order valence-corrected chi connectivity index (χ1v) is 9.37. The fraction of sp³-hybridized carbons (Fsp3) is 0.625. The predicted octanol–water partition coefficient (Wildman–Crippen LogP) is 1.87. The van der Waals surface area contributed by atoms with E-state index >= 15 is 0 Å². The Morgan fingerprint density at radius 3 is 2.70 bits per heavy atom. The van der Waals surface area contributed by atoms with Crippen LogP contribution in [-0.2, 0) is 14.8 Å². The van der Waals surface area contributed by atoms with Crippen molar-refractivity contribution < 1.29 is 17.5 Å². The molecule has 0 radical (unpaired) electrons. The Morgan fingerprint density at radius 2 is 2.00 bits per heavy atom. The molecular weight excluding hydrogens is 319 g/mol. The molecule has 2 rings (SSSR count). The lowest BCUT2D eigenvalue weighted by Crippen LogP contribution is -2.36. The van der Waals surface area contributed by atoms with E-state index < -0.39 is 15.8 Å². The molecule has 23 heavy (non-hydrogen) atoms. The van der Waals surface area contributed by atoms with Crippen LogP contribution in [0.3, 0.4) is 0 Å². The first-order valence-electron chi connectivity index (χ1n) is 7.93. The van der Waals surface area contributed by atoms with Crippen LogP contribution >= 0.6 is 0 Å². The van der Waals surface area contributed by atoms with Crippen LogP contribution in [0.2, 0.25) is 0 Å². The number of hydrogen-bond acceptors (Lipinski definition) is 4. The standard InChI is InChI=1S/C16H25FN2O3S/c1-14-5-6-16(15(17)13-14)23(20,21)19-9-3-7-18(10-11-19)8-4-12-22-2/h5-6,13H,3-4,7-12H2,1-2H3. The van der Waals surface area contributed by atoms with Crippen LogP contribution in [0.5, 0.6) is 0 Å². The summed E-state index contributed by atoms with van der Waals surface area (Å²) < 4.78 is 45.9. The predicted molar refractivity (Wildman–Crippen MR) is 87.4 cm³/mol. The fourth-order valence-corrected chi connectivity index (χ4v) is 4.31. The second kappa shape index (κ2) is 8.19. The summed E-state index contributed by atoms with van der Waals surface area (Å²) in [5.41, 5.74) is 0.710. The van der Waals surface area contributed by atoms with Crippen LogP contribution < -0.4 is 0 Å². The van der Waals surface area contributed by atoms with Gasteiger partial charge in [-0.15, -0.1) is 0 Å². The van der Waals surface area contributed by atoms with Crippen molar-refractivity contribution in [3.8, 4) is 0 Å². The van der Waals surface area contributed by atoms with E-state index in [2.05, 4.69) is 4.90 Å². The van der Waals surface area contributed by atoms with Crippen molar-refractivity contribution >= 4 is 10.0 Å². The third-order valence-corrected chi connectivity index (χ3v) is 6.01. The normalized spacial score (nSPS) is 18.0. The summed E-state index contributed by atoms with van der Waals surface area (Å²) >= 11 is 0. The van der Waals surface area contributed by atoms with Gasteiger partial charge in [-0.05, 0) is 44.0 Å². The van der Waals surface area contributed by atoms with Gasteiger partial charge >= 0.3 is 0 Å². The smallest absolute Gasteiger partial charge is 0.246 e. The molecule has 0 aromatic heterocycles. The molecule has 1 aliphatic heterocycles. The summed E-state index contributed by atoms with van der Waals surface area (Å²) in [5.74, 6) is -0.675. The van der Waals surface area contributed by atoms with Gasteiger partial charge in [0, 0.05) is 39.9 Å². The van der Waals surface area contributed by atoms with E-state index in [1.54, 1.807) is 20.1 Å². The van der Waals surface area contributed by atoms with Crippen LogP contribution in [0.25, 0.3) is 0 Å². The third kappa shape index (κ3) is 4.73. The van der Waals surface area contributed by atoms with Crippen LogP contribution in [0.4, 0.5) is 4.39 Å². The number of rotatable bonds is 6. The van der Waals surface area contributed by atoms with Gasteiger partial charge in [0.1, 0.15) is 10.7 Å². The highest BCUT2D eigenvalue weighted by molar-refractivity contribution is 7.89.